The van der Waals surface area contributed by atoms with E-state index in [0.717, 1.165) is 38.3 Å². The van der Waals surface area contributed by atoms with Crippen molar-refractivity contribution in [2.45, 2.75) is 12.8 Å². The lowest BCUT2D eigenvalue weighted by Crippen LogP contribution is -2.35. The lowest BCUT2D eigenvalue weighted by molar-refractivity contribution is -0.130. The number of rotatable bonds is 2. The van der Waals surface area contributed by atoms with Crippen LogP contribution in [0.1, 0.15) is 12.1 Å². The zero-order chi connectivity index (χ0) is 11.4. The third-order valence-corrected chi connectivity index (χ3v) is 3.08. The van der Waals surface area contributed by atoms with Gasteiger partial charge in [-0.1, -0.05) is 0 Å². The molecule has 1 aromatic heterocycles. The number of carbonyl (C=O) groups excluding carboxylic acids is 1. The Morgan fingerprint density at radius 3 is 3.06 bits per heavy atom. The zero-order valence-corrected chi connectivity index (χ0v) is 9.78. The van der Waals surface area contributed by atoms with Crippen LogP contribution in [0, 0.1) is 0 Å². The third kappa shape index (κ3) is 2.64. The van der Waals surface area contributed by atoms with Gasteiger partial charge in [-0.3, -0.25) is 4.79 Å². The summed E-state index contributed by atoms with van der Waals surface area (Å²) >= 11 is 0. The van der Waals surface area contributed by atoms with Gasteiger partial charge in [-0.25, -0.2) is 0 Å². The highest BCUT2D eigenvalue weighted by Crippen LogP contribution is 2.05. The van der Waals surface area contributed by atoms with Crippen molar-refractivity contribution in [2.24, 2.45) is 7.05 Å². The highest BCUT2D eigenvalue weighted by atomic mass is 16.2. The van der Waals surface area contributed by atoms with Crippen LogP contribution in [-0.2, 0) is 18.3 Å². The van der Waals surface area contributed by atoms with Gasteiger partial charge in [-0.15, -0.1) is 0 Å². The summed E-state index contributed by atoms with van der Waals surface area (Å²) in [5.74, 6) is 0.241. The van der Waals surface area contributed by atoms with E-state index in [1.807, 2.05) is 34.8 Å². The lowest BCUT2D eigenvalue weighted by Gasteiger charge is -2.20. The summed E-state index contributed by atoms with van der Waals surface area (Å²) in [5.41, 5.74) is 1.09. The van der Waals surface area contributed by atoms with Crippen LogP contribution in [0.3, 0.4) is 0 Å². The molecule has 4 heteroatoms. The van der Waals surface area contributed by atoms with Crippen molar-refractivity contribution in [3.8, 4) is 0 Å². The average molecular weight is 221 g/mol. The maximum atomic E-state index is 12.1. The molecule has 1 amide bonds. The van der Waals surface area contributed by atoms with E-state index >= 15 is 0 Å². The first kappa shape index (κ1) is 11.2. The topological polar surface area (TPSA) is 37.3 Å². The number of nitrogens with one attached hydrogen (secondary N) is 1. The summed E-state index contributed by atoms with van der Waals surface area (Å²) in [4.78, 5) is 14.0. The van der Waals surface area contributed by atoms with Crippen LogP contribution in [0.5, 0.6) is 0 Å². The molecule has 0 unspecified atom stereocenters. The van der Waals surface area contributed by atoms with Gasteiger partial charge in [0.1, 0.15) is 0 Å². The van der Waals surface area contributed by atoms with Crippen LogP contribution >= 0.6 is 0 Å². The van der Waals surface area contributed by atoms with E-state index in [-0.39, 0.29) is 5.91 Å². The fraction of sp³-hybridized carbons (Fsp3) is 0.583. The number of nitrogens with zero attached hydrogens (tertiary/aromatic N) is 2. The van der Waals surface area contributed by atoms with Gasteiger partial charge in [-0.05, 0) is 25.1 Å². The molecule has 1 saturated heterocycles. The standard InChI is InChI=1S/C12H19N3O/c1-14-7-2-4-11(14)10-12(16)15-8-3-5-13-6-9-15/h2,4,7,13H,3,5-6,8-10H2,1H3. The van der Waals surface area contributed by atoms with E-state index in [1.54, 1.807) is 0 Å². The van der Waals surface area contributed by atoms with Gasteiger partial charge in [0.05, 0.1) is 6.42 Å². The zero-order valence-electron chi connectivity index (χ0n) is 9.78. The Bertz CT molecular complexity index is 351. The predicted octanol–water partition coefficient (Wildman–Crippen LogP) is 0.390. The van der Waals surface area contributed by atoms with Crippen LogP contribution in [0.4, 0.5) is 0 Å². The van der Waals surface area contributed by atoms with Gasteiger partial charge in [0.25, 0.3) is 0 Å². The second-order valence-electron chi connectivity index (χ2n) is 4.27. The number of aryl methyl sites for hydroxylation is 1. The molecule has 2 rings (SSSR count). The fourth-order valence-corrected chi connectivity index (χ4v) is 2.04. The largest absolute Gasteiger partial charge is 0.354 e. The maximum Gasteiger partial charge on any atom is 0.228 e. The van der Waals surface area contributed by atoms with E-state index in [4.69, 9.17) is 0 Å². The summed E-state index contributed by atoms with van der Waals surface area (Å²) in [6, 6.07) is 3.99. The van der Waals surface area contributed by atoms with Crippen molar-refractivity contribution in [1.82, 2.24) is 14.8 Å². The predicted molar refractivity (Wildman–Crippen MR) is 63.2 cm³/mol. The molecule has 1 fully saturated rings. The minimum Gasteiger partial charge on any atom is -0.354 e. The molecular formula is C12H19N3O. The molecule has 16 heavy (non-hydrogen) atoms. The minimum absolute atomic E-state index is 0.241. The van der Waals surface area contributed by atoms with Crippen LogP contribution in [0.2, 0.25) is 0 Å². The first-order valence-corrected chi connectivity index (χ1v) is 5.86. The molecule has 1 N–H and O–H groups in total. The fourth-order valence-electron chi connectivity index (χ4n) is 2.04. The molecule has 0 aliphatic carbocycles. The third-order valence-electron chi connectivity index (χ3n) is 3.08. The van der Waals surface area contributed by atoms with E-state index in [1.165, 1.54) is 0 Å². The molecule has 2 heterocycles. The van der Waals surface area contributed by atoms with Gasteiger partial charge in [-0.2, -0.15) is 0 Å². The highest BCUT2D eigenvalue weighted by Gasteiger charge is 2.16. The molecule has 88 valence electrons. The van der Waals surface area contributed by atoms with Crippen LogP contribution in [-0.4, -0.2) is 41.6 Å². The normalized spacial score (nSPS) is 17.2. The average Bonchev–Trinajstić information content (AvgIpc) is 2.57. The SMILES string of the molecule is Cn1cccc1CC(=O)N1CCCNCC1. The smallest absolute Gasteiger partial charge is 0.228 e. The van der Waals surface area contributed by atoms with E-state index in [9.17, 15) is 4.79 Å². The molecule has 4 nitrogen and oxygen atoms in total. The Balaban J connectivity index is 1.94. The molecule has 0 radical (unpaired) electrons. The number of carbonyl (C=O) groups is 1. The molecule has 1 aliphatic rings. The number of hydrogen-bond donors (Lipinski definition) is 1. The summed E-state index contributed by atoms with van der Waals surface area (Å²) in [5, 5.41) is 3.30. The molecule has 0 saturated carbocycles. The van der Waals surface area contributed by atoms with Crippen molar-refractivity contribution in [3.63, 3.8) is 0 Å². The molecule has 1 aromatic rings. The number of amides is 1. The van der Waals surface area contributed by atoms with E-state index in [0.29, 0.717) is 6.42 Å². The second-order valence-corrected chi connectivity index (χ2v) is 4.27. The highest BCUT2D eigenvalue weighted by molar-refractivity contribution is 5.78. The van der Waals surface area contributed by atoms with Crippen molar-refractivity contribution in [3.05, 3.63) is 24.0 Å². The van der Waals surface area contributed by atoms with Gasteiger partial charge in [0.15, 0.2) is 0 Å². The van der Waals surface area contributed by atoms with Gasteiger partial charge in [0, 0.05) is 38.6 Å². The van der Waals surface area contributed by atoms with Crippen LogP contribution < -0.4 is 5.32 Å². The minimum atomic E-state index is 0.241. The molecule has 0 atom stereocenters. The van der Waals surface area contributed by atoms with Crippen molar-refractivity contribution in [1.29, 1.82) is 0 Å². The summed E-state index contributed by atoms with van der Waals surface area (Å²) in [6.45, 7) is 3.66. The number of hydrogen-bond acceptors (Lipinski definition) is 2. The quantitative estimate of drug-likeness (QED) is 0.784. The van der Waals surface area contributed by atoms with Gasteiger partial charge in [0.2, 0.25) is 5.91 Å². The van der Waals surface area contributed by atoms with Crippen molar-refractivity contribution < 1.29 is 4.79 Å². The Morgan fingerprint density at radius 2 is 2.31 bits per heavy atom. The molecule has 0 bridgehead atoms. The second kappa shape index (κ2) is 5.16. The monoisotopic (exact) mass is 221 g/mol. The Kier molecular flexibility index (Phi) is 3.62. The van der Waals surface area contributed by atoms with E-state index < -0.39 is 0 Å². The van der Waals surface area contributed by atoms with Crippen LogP contribution in [0.15, 0.2) is 18.3 Å². The van der Waals surface area contributed by atoms with Crippen molar-refractivity contribution in [2.75, 3.05) is 26.2 Å². The van der Waals surface area contributed by atoms with Crippen LogP contribution in [0.25, 0.3) is 0 Å². The lowest BCUT2D eigenvalue weighted by atomic mass is 10.2. The first-order valence-electron chi connectivity index (χ1n) is 5.86. The molecule has 0 spiro atoms. The summed E-state index contributed by atoms with van der Waals surface area (Å²) in [7, 11) is 1.98. The van der Waals surface area contributed by atoms with Crippen molar-refractivity contribution >= 4 is 5.91 Å². The summed E-state index contributed by atoms with van der Waals surface area (Å²) in [6.07, 6.45) is 3.55. The maximum absolute atomic E-state index is 12.1. The van der Waals surface area contributed by atoms with Gasteiger partial charge >= 0.3 is 0 Å². The van der Waals surface area contributed by atoms with Gasteiger partial charge < -0.3 is 14.8 Å². The first-order chi connectivity index (χ1) is 7.77. The Labute approximate surface area is 96.2 Å². The Hall–Kier alpha value is -1.29. The number of aromatic nitrogens is 1. The molecular weight excluding hydrogens is 202 g/mol. The Morgan fingerprint density at radius 1 is 1.44 bits per heavy atom. The molecule has 1 aliphatic heterocycles. The summed E-state index contributed by atoms with van der Waals surface area (Å²) < 4.78 is 2.01. The molecule has 0 aromatic carbocycles. The van der Waals surface area contributed by atoms with E-state index in [2.05, 4.69) is 5.32 Å².